The predicted molar refractivity (Wildman–Crippen MR) is 60.4 cm³/mol. The zero-order valence-electron chi connectivity index (χ0n) is 10.8. The molecular weight excluding hydrogens is 240 g/mol. The van der Waals surface area contributed by atoms with Crippen LogP contribution in [-0.2, 0) is 28.6 Å². The SMILES string of the molecule is COC(=O)C1CC(OC(C)=O)CC(C(=O)OC)C1. The third-order valence-corrected chi connectivity index (χ3v) is 3.07. The monoisotopic (exact) mass is 258 g/mol. The van der Waals surface area contributed by atoms with E-state index in [0.717, 1.165) is 0 Å². The van der Waals surface area contributed by atoms with Gasteiger partial charge in [0.25, 0.3) is 0 Å². The van der Waals surface area contributed by atoms with Crippen LogP contribution in [0.5, 0.6) is 0 Å². The van der Waals surface area contributed by atoms with Crippen molar-refractivity contribution < 1.29 is 28.6 Å². The van der Waals surface area contributed by atoms with E-state index in [1.807, 2.05) is 0 Å². The van der Waals surface area contributed by atoms with E-state index in [4.69, 9.17) is 4.74 Å². The van der Waals surface area contributed by atoms with Gasteiger partial charge in [-0.1, -0.05) is 0 Å². The van der Waals surface area contributed by atoms with Crippen molar-refractivity contribution in [3.05, 3.63) is 0 Å². The topological polar surface area (TPSA) is 78.9 Å². The van der Waals surface area contributed by atoms with Crippen LogP contribution in [0.4, 0.5) is 0 Å². The summed E-state index contributed by atoms with van der Waals surface area (Å²) in [7, 11) is 2.59. The lowest BCUT2D eigenvalue weighted by molar-refractivity contribution is -0.162. The Morgan fingerprint density at radius 2 is 1.33 bits per heavy atom. The van der Waals surface area contributed by atoms with Crippen molar-refractivity contribution in [2.75, 3.05) is 14.2 Å². The second-order valence-electron chi connectivity index (χ2n) is 4.38. The Balaban J connectivity index is 2.74. The van der Waals surface area contributed by atoms with Crippen LogP contribution in [-0.4, -0.2) is 38.2 Å². The maximum atomic E-state index is 11.5. The molecule has 2 unspecified atom stereocenters. The van der Waals surface area contributed by atoms with Gasteiger partial charge in [0.2, 0.25) is 0 Å². The van der Waals surface area contributed by atoms with Gasteiger partial charge in [-0.25, -0.2) is 0 Å². The number of rotatable bonds is 3. The molecule has 0 spiro atoms. The summed E-state index contributed by atoms with van der Waals surface area (Å²) in [5, 5.41) is 0. The predicted octanol–water partition coefficient (Wildman–Crippen LogP) is 0.680. The average Bonchev–Trinajstić information content (AvgIpc) is 2.35. The lowest BCUT2D eigenvalue weighted by atomic mass is 9.79. The van der Waals surface area contributed by atoms with E-state index < -0.39 is 23.9 Å². The molecule has 0 aromatic rings. The Morgan fingerprint density at radius 1 is 0.889 bits per heavy atom. The van der Waals surface area contributed by atoms with E-state index in [1.165, 1.54) is 21.1 Å². The summed E-state index contributed by atoms with van der Waals surface area (Å²) in [4.78, 5) is 34.0. The molecule has 0 heterocycles. The molecule has 6 nitrogen and oxygen atoms in total. The number of hydrogen-bond acceptors (Lipinski definition) is 6. The summed E-state index contributed by atoms with van der Waals surface area (Å²) < 4.78 is 14.4. The summed E-state index contributed by atoms with van der Waals surface area (Å²) in [5.41, 5.74) is 0. The molecule has 0 aromatic heterocycles. The summed E-state index contributed by atoms with van der Waals surface area (Å²) in [5.74, 6) is -2.06. The van der Waals surface area contributed by atoms with Gasteiger partial charge in [-0.05, 0) is 19.3 Å². The zero-order chi connectivity index (χ0) is 13.7. The molecule has 6 heteroatoms. The van der Waals surface area contributed by atoms with E-state index in [9.17, 15) is 14.4 Å². The quantitative estimate of drug-likeness (QED) is 0.547. The molecule has 102 valence electrons. The largest absolute Gasteiger partial charge is 0.469 e. The van der Waals surface area contributed by atoms with Gasteiger partial charge in [-0.2, -0.15) is 0 Å². The molecule has 1 saturated carbocycles. The van der Waals surface area contributed by atoms with E-state index in [1.54, 1.807) is 0 Å². The van der Waals surface area contributed by atoms with Crippen molar-refractivity contribution in [1.29, 1.82) is 0 Å². The maximum Gasteiger partial charge on any atom is 0.308 e. The lowest BCUT2D eigenvalue weighted by Gasteiger charge is -2.31. The highest BCUT2D eigenvalue weighted by Crippen LogP contribution is 2.32. The van der Waals surface area contributed by atoms with Gasteiger partial charge in [0.15, 0.2) is 0 Å². The highest BCUT2D eigenvalue weighted by atomic mass is 16.5. The van der Waals surface area contributed by atoms with Crippen LogP contribution >= 0.6 is 0 Å². The Labute approximate surface area is 106 Å². The number of carbonyl (C=O) groups excluding carboxylic acids is 3. The molecule has 1 fully saturated rings. The van der Waals surface area contributed by atoms with Crippen molar-refractivity contribution in [3.8, 4) is 0 Å². The number of esters is 3. The summed E-state index contributed by atoms with van der Waals surface area (Å²) in [6, 6.07) is 0. The van der Waals surface area contributed by atoms with Crippen LogP contribution in [0.1, 0.15) is 26.2 Å². The molecular formula is C12H18O6. The van der Waals surface area contributed by atoms with Crippen LogP contribution < -0.4 is 0 Å². The van der Waals surface area contributed by atoms with Crippen LogP contribution in [0.25, 0.3) is 0 Å². The third-order valence-electron chi connectivity index (χ3n) is 3.07. The molecule has 0 aromatic carbocycles. The number of methoxy groups -OCH3 is 2. The average molecular weight is 258 g/mol. The Kier molecular flexibility index (Phi) is 5.12. The fraction of sp³-hybridized carbons (Fsp3) is 0.750. The highest BCUT2D eigenvalue weighted by molar-refractivity contribution is 5.76. The van der Waals surface area contributed by atoms with Crippen LogP contribution in [0.2, 0.25) is 0 Å². The van der Waals surface area contributed by atoms with E-state index in [-0.39, 0.29) is 11.9 Å². The molecule has 0 amide bonds. The molecule has 2 atom stereocenters. The van der Waals surface area contributed by atoms with Crippen molar-refractivity contribution in [2.24, 2.45) is 11.8 Å². The number of hydrogen-bond donors (Lipinski definition) is 0. The highest BCUT2D eigenvalue weighted by Gasteiger charge is 2.38. The van der Waals surface area contributed by atoms with Gasteiger partial charge in [0, 0.05) is 6.92 Å². The zero-order valence-corrected chi connectivity index (χ0v) is 10.8. The first kappa shape index (κ1) is 14.5. The van der Waals surface area contributed by atoms with Crippen molar-refractivity contribution in [1.82, 2.24) is 0 Å². The fourth-order valence-electron chi connectivity index (χ4n) is 2.32. The lowest BCUT2D eigenvalue weighted by Crippen LogP contribution is -2.37. The first-order valence-electron chi connectivity index (χ1n) is 5.80. The molecule has 0 aliphatic heterocycles. The van der Waals surface area contributed by atoms with E-state index >= 15 is 0 Å². The molecule has 0 radical (unpaired) electrons. The van der Waals surface area contributed by atoms with Crippen LogP contribution in [0.15, 0.2) is 0 Å². The molecule has 0 bridgehead atoms. The van der Waals surface area contributed by atoms with Gasteiger partial charge in [-0.3, -0.25) is 14.4 Å². The molecule has 0 N–H and O–H groups in total. The summed E-state index contributed by atoms with van der Waals surface area (Å²) in [6.07, 6.45) is 0.709. The molecule has 1 aliphatic carbocycles. The molecule has 1 rings (SSSR count). The fourth-order valence-corrected chi connectivity index (χ4v) is 2.32. The minimum Gasteiger partial charge on any atom is -0.469 e. The van der Waals surface area contributed by atoms with E-state index in [2.05, 4.69) is 9.47 Å². The van der Waals surface area contributed by atoms with Crippen molar-refractivity contribution >= 4 is 17.9 Å². The minimum absolute atomic E-state index is 0.372. The van der Waals surface area contributed by atoms with Crippen molar-refractivity contribution in [3.63, 3.8) is 0 Å². The number of ether oxygens (including phenoxy) is 3. The van der Waals surface area contributed by atoms with Gasteiger partial charge < -0.3 is 14.2 Å². The Morgan fingerprint density at radius 3 is 1.67 bits per heavy atom. The first-order chi connectivity index (χ1) is 8.47. The van der Waals surface area contributed by atoms with Gasteiger partial charge in [-0.15, -0.1) is 0 Å². The van der Waals surface area contributed by atoms with Crippen LogP contribution in [0.3, 0.4) is 0 Å². The third kappa shape index (κ3) is 3.72. The second-order valence-corrected chi connectivity index (χ2v) is 4.38. The van der Waals surface area contributed by atoms with Crippen molar-refractivity contribution in [2.45, 2.75) is 32.3 Å². The van der Waals surface area contributed by atoms with Gasteiger partial charge in [0.1, 0.15) is 6.10 Å². The standard InChI is InChI=1S/C12H18O6/c1-7(13)18-10-5-8(11(14)16-2)4-9(6-10)12(15)17-3/h8-10H,4-6H2,1-3H3. The summed E-state index contributed by atoms with van der Waals surface area (Å²) in [6.45, 7) is 1.30. The minimum atomic E-state index is -0.440. The smallest absolute Gasteiger partial charge is 0.308 e. The summed E-state index contributed by atoms with van der Waals surface area (Å²) >= 11 is 0. The molecule has 18 heavy (non-hydrogen) atoms. The van der Waals surface area contributed by atoms with E-state index in [0.29, 0.717) is 19.3 Å². The second kappa shape index (κ2) is 6.37. The number of carbonyl (C=O) groups is 3. The van der Waals surface area contributed by atoms with Crippen LogP contribution in [0, 0.1) is 11.8 Å². The normalized spacial score (nSPS) is 27.2. The maximum absolute atomic E-state index is 11.5. The molecule has 1 aliphatic rings. The molecule has 0 saturated heterocycles. The Hall–Kier alpha value is -1.59. The van der Waals surface area contributed by atoms with Gasteiger partial charge in [0.05, 0.1) is 26.1 Å². The van der Waals surface area contributed by atoms with Gasteiger partial charge >= 0.3 is 17.9 Å². The first-order valence-corrected chi connectivity index (χ1v) is 5.80. The Bertz CT molecular complexity index is 313.